The highest BCUT2D eigenvalue weighted by Crippen LogP contribution is 2.12. The van der Waals surface area contributed by atoms with Crippen LogP contribution in [0.5, 0.6) is 0 Å². The van der Waals surface area contributed by atoms with E-state index < -0.39 is 10.0 Å². The first-order valence-corrected chi connectivity index (χ1v) is 8.29. The Labute approximate surface area is 117 Å². The van der Waals surface area contributed by atoms with Crippen LogP contribution in [0.4, 0.5) is 0 Å². The monoisotopic (exact) mass is 296 g/mol. The van der Waals surface area contributed by atoms with Gasteiger partial charge in [0.25, 0.3) is 0 Å². The maximum absolute atomic E-state index is 12.1. The molecular weight excluding hydrogens is 280 g/mol. The smallest absolute Gasteiger partial charge is 0.240 e. The third kappa shape index (κ3) is 3.87. The molecule has 1 aromatic carbocycles. The Morgan fingerprint density at radius 2 is 1.79 bits per heavy atom. The van der Waals surface area contributed by atoms with E-state index in [1.807, 2.05) is 36.0 Å². The molecule has 0 aliphatic rings. The lowest BCUT2D eigenvalue weighted by atomic mass is 10.2. The van der Waals surface area contributed by atoms with E-state index in [2.05, 4.69) is 10.0 Å². The highest BCUT2D eigenvalue weighted by Gasteiger charge is 2.13. The molecule has 1 heterocycles. The van der Waals surface area contributed by atoms with Crippen LogP contribution >= 0.6 is 11.3 Å². The Hall–Kier alpha value is -1.21. The highest BCUT2D eigenvalue weighted by atomic mass is 32.2. The van der Waals surface area contributed by atoms with Gasteiger partial charge in [0.15, 0.2) is 0 Å². The van der Waals surface area contributed by atoms with Crippen molar-refractivity contribution in [2.45, 2.75) is 18.0 Å². The standard InChI is InChI=1S/C13H16N2O2S2/c1-14-8-11-2-4-13(5-3-11)19(16,17)15-9-12-6-7-18-10-12/h2-7,10,14-15H,8-9H2,1H3. The largest absolute Gasteiger partial charge is 0.316 e. The van der Waals surface area contributed by atoms with Gasteiger partial charge in [0.1, 0.15) is 0 Å². The fourth-order valence-electron chi connectivity index (χ4n) is 1.65. The van der Waals surface area contributed by atoms with E-state index in [-0.39, 0.29) is 0 Å². The average Bonchev–Trinajstić information content (AvgIpc) is 2.91. The molecule has 0 saturated carbocycles. The Morgan fingerprint density at radius 3 is 2.37 bits per heavy atom. The number of thiophene rings is 1. The molecule has 0 aliphatic heterocycles. The lowest BCUT2D eigenvalue weighted by molar-refractivity contribution is 0.581. The van der Waals surface area contributed by atoms with Crippen LogP contribution in [0.15, 0.2) is 46.0 Å². The Bertz CT molecular complexity index is 605. The fourth-order valence-corrected chi connectivity index (χ4v) is 3.33. The van der Waals surface area contributed by atoms with E-state index >= 15 is 0 Å². The summed E-state index contributed by atoms with van der Waals surface area (Å²) in [5.74, 6) is 0. The van der Waals surface area contributed by atoms with Crippen LogP contribution in [0, 0.1) is 0 Å². The molecule has 1 aromatic heterocycles. The third-order valence-electron chi connectivity index (χ3n) is 2.66. The summed E-state index contributed by atoms with van der Waals surface area (Å²) < 4.78 is 26.7. The maximum atomic E-state index is 12.1. The van der Waals surface area contributed by atoms with Crippen LogP contribution in [0.3, 0.4) is 0 Å². The first-order valence-electron chi connectivity index (χ1n) is 5.86. The zero-order valence-electron chi connectivity index (χ0n) is 10.6. The summed E-state index contributed by atoms with van der Waals surface area (Å²) in [6.45, 7) is 1.05. The van der Waals surface area contributed by atoms with Gasteiger partial charge in [-0.25, -0.2) is 13.1 Å². The van der Waals surface area contributed by atoms with Crippen molar-refractivity contribution in [3.63, 3.8) is 0 Å². The molecule has 2 rings (SSSR count). The number of nitrogens with one attached hydrogen (secondary N) is 2. The molecule has 6 heteroatoms. The minimum absolute atomic E-state index is 0.294. The van der Waals surface area contributed by atoms with Crippen LogP contribution in [-0.4, -0.2) is 15.5 Å². The molecule has 0 spiro atoms. The Balaban J connectivity index is 2.06. The van der Waals surface area contributed by atoms with E-state index in [0.29, 0.717) is 11.4 Å². The minimum atomic E-state index is -3.43. The molecule has 102 valence electrons. The Morgan fingerprint density at radius 1 is 1.05 bits per heavy atom. The number of benzene rings is 1. The van der Waals surface area contributed by atoms with Crippen LogP contribution in [0.2, 0.25) is 0 Å². The highest BCUT2D eigenvalue weighted by molar-refractivity contribution is 7.89. The molecule has 0 atom stereocenters. The second-order valence-corrected chi connectivity index (χ2v) is 6.68. The predicted octanol–water partition coefficient (Wildman–Crippen LogP) is 1.95. The molecule has 4 nitrogen and oxygen atoms in total. The van der Waals surface area contributed by atoms with Crippen LogP contribution in [-0.2, 0) is 23.1 Å². The van der Waals surface area contributed by atoms with Gasteiger partial charge in [0.2, 0.25) is 10.0 Å². The number of hydrogen-bond donors (Lipinski definition) is 2. The van der Waals surface area contributed by atoms with Gasteiger partial charge >= 0.3 is 0 Å². The summed E-state index contributed by atoms with van der Waals surface area (Å²) >= 11 is 1.55. The summed E-state index contributed by atoms with van der Waals surface area (Å²) in [5, 5.41) is 6.88. The molecule has 0 radical (unpaired) electrons. The number of rotatable bonds is 6. The average molecular weight is 296 g/mol. The van der Waals surface area contributed by atoms with Crippen LogP contribution in [0.25, 0.3) is 0 Å². The zero-order chi connectivity index (χ0) is 13.7. The predicted molar refractivity (Wildman–Crippen MR) is 77.6 cm³/mol. The third-order valence-corrected chi connectivity index (χ3v) is 4.81. The summed E-state index contributed by atoms with van der Waals surface area (Å²) in [6.07, 6.45) is 0. The SMILES string of the molecule is CNCc1ccc(S(=O)(=O)NCc2ccsc2)cc1. The topological polar surface area (TPSA) is 58.2 Å². The quantitative estimate of drug-likeness (QED) is 0.856. The van der Waals surface area contributed by atoms with Crippen molar-refractivity contribution in [1.29, 1.82) is 0 Å². The molecule has 2 aromatic rings. The Kier molecular flexibility index (Phi) is 4.71. The molecule has 0 fully saturated rings. The molecule has 0 amide bonds. The van der Waals surface area contributed by atoms with Gasteiger partial charge in [-0.3, -0.25) is 0 Å². The molecule has 2 N–H and O–H groups in total. The van der Waals surface area contributed by atoms with Gasteiger partial charge in [-0.1, -0.05) is 12.1 Å². The van der Waals surface area contributed by atoms with Gasteiger partial charge < -0.3 is 5.32 Å². The zero-order valence-corrected chi connectivity index (χ0v) is 12.2. The van der Waals surface area contributed by atoms with Gasteiger partial charge in [-0.15, -0.1) is 0 Å². The summed E-state index contributed by atoms with van der Waals surface area (Å²) in [7, 11) is -1.58. The molecule has 0 saturated heterocycles. The van der Waals surface area contributed by atoms with Gasteiger partial charge in [-0.2, -0.15) is 11.3 Å². The van der Waals surface area contributed by atoms with Gasteiger partial charge in [-0.05, 0) is 47.1 Å². The lowest BCUT2D eigenvalue weighted by Gasteiger charge is -2.07. The van der Waals surface area contributed by atoms with E-state index in [9.17, 15) is 8.42 Å². The molecule has 19 heavy (non-hydrogen) atoms. The van der Waals surface area contributed by atoms with E-state index in [1.54, 1.807) is 23.5 Å². The van der Waals surface area contributed by atoms with Crippen molar-refractivity contribution < 1.29 is 8.42 Å². The first-order chi connectivity index (χ1) is 9.12. The van der Waals surface area contributed by atoms with Crippen molar-refractivity contribution in [2.75, 3.05) is 7.05 Å². The second kappa shape index (κ2) is 6.29. The second-order valence-electron chi connectivity index (χ2n) is 4.13. The van der Waals surface area contributed by atoms with Crippen molar-refractivity contribution in [1.82, 2.24) is 10.0 Å². The molecular formula is C13H16N2O2S2. The van der Waals surface area contributed by atoms with Gasteiger partial charge in [0, 0.05) is 13.1 Å². The van der Waals surface area contributed by atoms with Crippen molar-refractivity contribution >= 4 is 21.4 Å². The maximum Gasteiger partial charge on any atom is 0.240 e. The van der Waals surface area contributed by atoms with Crippen molar-refractivity contribution in [3.8, 4) is 0 Å². The minimum Gasteiger partial charge on any atom is -0.316 e. The van der Waals surface area contributed by atoms with Crippen molar-refractivity contribution in [2.24, 2.45) is 0 Å². The van der Waals surface area contributed by atoms with Crippen LogP contribution in [0.1, 0.15) is 11.1 Å². The normalized spacial score (nSPS) is 11.6. The lowest BCUT2D eigenvalue weighted by Crippen LogP contribution is -2.23. The number of sulfonamides is 1. The van der Waals surface area contributed by atoms with Gasteiger partial charge in [0.05, 0.1) is 4.90 Å². The summed E-state index contributed by atoms with van der Waals surface area (Å²) in [6, 6.07) is 8.79. The fraction of sp³-hybridized carbons (Fsp3) is 0.231. The summed E-state index contributed by atoms with van der Waals surface area (Å²) in [5.41, 5.74) is 2.03. The van der Waals surface area contributed by atoms with E-state index in [1.165, 1.54) is 0 Å². The summed E-state index contributed by atoms with van der Waals surface area (Å²) in [4.78, 5) is 0.294. The number of hydrogen-bond acceptors (Lipinski definition) is 4. The molecule has 0 unspecified atom stereocenters. The van der Waals surface area contributed by atoms with Crippen LogP contribution < -0.4 is 10.0 Å². The molecule has 0 aliphatic carbocycles. The van der Waals surface area contributed by atoms with E-state index in [0.717, 1.165) is 17.7 Å². The van der Waals surface area contributed by atoms with Crippen molar-refractivity contribution in [3.05, 3.63) is 52.2 Å². The van der Waals surface area contributed by atoms with E-state index in [4.69, 9.17) is 0 Å². The first kappa shape index (κ1) is 14.2. The molecule has 0 bridgehead atoms.